The first kappa shape index (κ1) is 23.4. The highest BCUT2D eigenvalue weighted by molar-refractivity contribution is 5.85. The molecule has 0 spiro atoms. The van der Waals surface area contributed by atoms with Crippen molar-refractivity contribution in [2.24, 2.45) is 5.73 Å². The van der Waals surface area contributed by atoms with E-state index in [1.54, 1.807) is 12.1 Å². The number of halogens is 2. The van der Waals surface area contributed by atoms with Gasteiger partial charge in [0.1, 0.15) is 5.82 Å². The van der Waals surface area contributed by atoms with Gasteiger partial charge in [0, 0.05) is 19.3 Å². The lowest BCUT2D eigenvalue weighted by Gasteiger charge is -2.24. The summed E-state index contributed by atoms with van der Waals surface area (Å²) in [5.41, 5.74) is 8.42. The summed E-state index contributed by atoms with van der Waals surface area (Å²) in [4.78, 5) is 2.12. The van der Waals surface area contributed by atoms with Crippen LogP contribution in [-0.2, 0) is 12.8 Å². The summed E-state index contributed by atoms with van der Waals surface area (Å²) in [5, 5.41) is 18.5. The van der Waals surface area contributed by atoms with Crippen LogP contribution in [-0.4, -0.2) is 42.6 Å². The highest BCUT2D eigenvalue weighted by Crippen LogP contribution is 2.16. The molecule has 0 aliphatic heterocycles. The number of aryl methyl sites for hydroxylation is 2. The molecule has 0 aromatic heterocycles. The topological polar surface area (TPSA) is 69.7 Å². The van der Waals surface area contributed by atoms with Crippen LogP contribution in [0.15, 0.2) is 48.5 Å². The van der Waals surface area contributed by atoms with E-state index in [4.69, 9.17) is 5.73 Å². The summed E-state index contributed by atoms with van der Waals surface area (Å²) in [7, 11) is 2.01. The molecule has 0 amide bonds. The second kappa shape index (κ2) is 11.2. The first-order valence-electron chi connectivity index (χ1n) is 9.01. The number of hydrogen-bond acceptors (Lipinski definition) is 4. The quantitative estimate of drug-likeness (QED) is 0.577. The Morgan fingerprint density at radius 3 is 1.96 bits per heavy atom. The normalized spacial score (nSPS) is 11.1. The first-order chi connectivity index (χ1) is 12.5. The zero-order valence-electron chi connectivity index (χ0n) is 15.8. The Kier molecular flexibility index (Phi) is 9.74. The third-order valence-electron chi connectivity index (χ3n) is 4.79. The van der Waals surface area contributed by atoms with Crippen LogP contribution in [0.4, 0.5) is 10.1 Å². The standard InChI is InChI=1S/C21H29FN2O2.ClH/c1-24(20-10-8-19(22)9-11-20)14-2-3-17-4-6-18(7-5-17)12-13-21(23,15-25)16-26;/h4-11,25-26H,2-3,12-16,23H2,1H3;1H. The number of nitrogens with zero attached hydrogens (tertiary/aromatic N) is 1. The summed E-state index contributed by atoms with van der Waals surface area (Å²) in [6.07, 6.45) is 3.25. The van der Waals surface area contributed by atoms with E-state index in [2.05, 4.69) is 29.2 Å². The van der Waals surface area contributed by atoms with E-state index >= 15 is 0 Å². The lowest BCUT2D eigenvalue weighted by molar-refractivity contribution is 0.115. The average molecular weight is 397 g/mol. The molecule has 6 heteroatoms. The van der Waals surface area contributed by atoms with E-state index in [0.717, 1.165) is 37.1 Å². The third kappa shape index (κ3) is 7.46. The fourth-order valence-electron chi connectivity index (χ4n) is 2.82. The predicted octanol–water partition coefficient (Wildman–Crippen LogP) is 2.93. The Morgan fingerprint density at radius 2 is 1.44 bits per heavy atom. The van der Waals surface area contributed by atoms with Crippen LogP contribution in [0.25, 0.3) is 0 Å². The Bertz CT molecular complexity index is 661. The van der Waals surface area contributed by atoms with E-state index in [0.29, 0.717) is 6.42 Å². The molecule has 150 valence electrons. The lowest BCUT2D eigenvalue weighted by atomic mass is 9.93. The van der Waals surface area contributed by atoms with Gasteiger partial charge in [0.2, 0.25) is 0 Å². The monoisotopic (exact) mass is 396 g/mol. The number of nitrogens with two attached hydrogens (primary N) is 1. The Morgan fingerprint density at radius 1 is 0.926 bits per heavy atom. The van der Waals surface area contributed by atoms with E-state index in [-0.39, 0.29) is 31.4 Å². The molecule has 2 aromatic carbocycles. The molecule has 0 heterocycles. The summed E-state index contributed by atoms with van der Waals surface area (Å²) in [6.45, 7) is 0.461. The molecule has 0 fully saturated rings. The molecule has 0 bridgehead atoms. The van der Waals surface area contributed by atoms with Crippen LogP contribution < -0.4 is 10.6 Å². The fraction of sp³-hybridized carbons (Fsp3) is 0.429. The number of aliphatic hydroxyl groups excluding tert-OH is 2. The molecule has 4 N–H and O–H groups in total. The molecule has 0 aliphatic rings. The zero-order valence-corrected chi connectivity index (χ0v) is 16.6. The van der Waals surface area contributed by atoms with Crippen molar-refractivity contribution in [3.8, 4) is 0 Å². The van der Waals surface area contributed by atoms with Gasteiger partial charge < -0.3 is 20.8 Å². The summed E-state index contributed by atoms with van der Waals surface area (Å²) in [5.74, 6) is -0.216. The second-order valence-electron chi connectivity index (χ2n) is 7.00. The summed E-state index contributed by atoms with van der Waals surface area (Å²) in [6, 6.07) is 14.9. The van der Waals surface area contributed by atoms with Gasteiger partial charge in [0.15, 0.2) is 0 Å². The van der Waals surface area contributed by atoms with Crippen molar-refractivity contribution in [2.45, 2.75) is 31.2 Å². The molecule has 0 atom stereocenters. The van der Waals surface area contributed by atoms with Crippen molar-refractivity contribution in [3.05, 3.63) is 65.5 Å². The number of rotatable bonds is 10. The molecule has 0 radical (unpaired) electrons. The van der Waals surface area contributed by atoms with E-state index in [1.165, 1.54) is 17.7 Å². The van der Waals surface area contributed by atoms with Crippen molar-refractivity contribution < 1.29 is 14.6 Å². The van der Waals surface area contributed by atoms with Gasteiger partial charge in [-0.25, -0.2) is 4.39 Å². The highest BCUT2D eigenvalue weighted by atomic mass is 35.5. The Hall–Kier alpha value is -1.66. The minimum absolute atomic E-state index is 0. The SMILES string of the molecule is CN(CCCc1ccc(CCC(N)(CO)CO)cc1)c1ccc(F)cc1.Cl. The molecule has 2 rings (SSSR count). The first-order valence-corrected chi connectivity index (χ1v) is 9.01. The van der Waals surface area contributed by atoms with Gasteiger partial charge in [0.05, 0.1) is 18.8 Å². The summed E-state index contributed by atoms with van der Waals surface area (Å²) < 4.78 is 13.0. The number of hydrogen-bond donors (Lipinski definition) is 3. The molecule has 27 heavy (non-hydrogen) atoms. The smallest absolute Gasteiger partial charge is 0.123 e. The van der Waals surface area contributed by atoms with Crippen molar-refractivity contribution in [1.82, 2.24) is 0 Å². The molecule has 0 saturated carbocycles. The van der Waals surface area contributed by atoms with Gasteiger partial charge in [0.25, 0.3) is 0 Å². The predicted molar refractivity (Wildman–Crippen MR) is 111 cm³/mol. The van der Waals surface area contributed by atoms with Crippen LogP contribution >= 0.6 is 12.4 Å². The highest BCUT2D eigenvalue weighted by Gasteiger charge is 2.22. The van der Waals surface area contributed by atoms with Crippen molar-refractivity contribution in [2.75, 3.05) is 31.7 Å². The van der Waals surface area contributed by atoms with Crippen LogP contribution in [0.5, 0.6) is 0 Å². The van der Waals surface area contributed by atoms with Gasteiger partial charge >= 0.3 is 0 Å². The summed E-state index contributed by atoms with van der Waals surface area (Å²) >= 11 is 0. The van der Waals surface area contributed by atoms with Gasteiger partial charge in [-0.15, -0.1) is 12.4 Å². The van der Waals surface area contributed by atoms with Crippen LogP contribution in [0.2, 0.25) is 0 Å². The van der Waals surface area contributed by atoms with Crippen molar-refractivity contribution >= 4 is 18.1 Å². The lowest BCUT2D eigenvalue weighted by Crippen LogP contribution is -2.47. The van der Waals surface area contributed by atoms with E-state index < -0.39 is 5.54 Å². The second-order valence-corrected chi connectivity index (χ2v) is 7.00. The molecule has 2 aromatic rings. The minimum atomic E-state index is -0.913. The van der Waals surface area contributed by atoms with Crippen molar-refractivity contribution in [1.29, 1.82) is 0 Å². The maximum absolute atomic E-state index is 13.0. The molecule has 0 unspecified atom stereocenters. The molecular weight excluding hydrogens is 367 g/mol. The minimum Gasteiger partial charge on any atom is -0.394 e. The Labute approximate surface area is 167 Å². The van der Waals surface area contributed by atoms with Crippen LogP contribution in [0.3, 0.4) is 0 Å². The van der Waals surface area contributed by atoms with E-state index in [9.17, 15) is 14.6 Å². The van der Waals surface area contributed by atoms with Gasteiger partial charge in [-0.05, 0) is 61.1 Å². The van der Waals surface area contributed by atoms with Crippen molar-refractivity contribution in [3.63, 3.8) is 0 Å². The largest absolute Gasteiger partial charge is 0.394 e. The van der Waals surface area contributed by atoms with Crippen LogP contribution in [0.1, 0.15) is 24.0 Å². The van der Waals surface area contributed by atoms with Gasteiger partial charge in [-0.2, -0.15) is 0 Å². The fourth-order valence-corrected chi connectivity index (χ4v) is 2.82. The van der Waals surface area contributed by atoms with Gasteiger partial charge in [-0.1, -0.05) is 24.3 Å². The third-order valence-corrected chi connectivity index (χ3v) is 4.79. The maximum atomic E-state index is 13.0. The zero-order chi connectivity index (χ0) is 19.0. The average Bonchev–Trinajstić information content (AvgIpc) is 2.67. The molecule has 4 nitrogen and oxygen atoms in total. The molecule has 0 aliphatic carbocycles. The number of benzene rings is 2. The Balaban J connectivity index is 0.00000364. The van der Waals surface area contributed by atoms with Gasteiger partial charge in [-0.3, -0.25) is 0 Å². The molecular formula is C21H30ClFN2O2. The maximum Gasteiger partial charge on any atom is 0.123 e. The van der Waals surface area contributed by atoms with Crippen LogP contribution in [0, 0.1) is 5.82 Å². The number of anilines is 1. The molecule has 0 saturated heterocycles. The van der Waals surface area contributed by atoms with E-state index in [1.807, 2.05) is 7.05 Å². The number of aliphatic hydroxyl groups is 2.